The molecule has 0 fully saturated rings. The van der Waals surface area contributed by atoms with Crippen molar-refractivity contribution < 1.29 is 9.53 Å². The summed E-state index contributed by atoms with van der Waals surface area (Å²) in [6, 6.07) is 20.4. The molecule has 3 aromatic heterocycles. The highest BCUT2D eigenvalue weighted by Crippen LogP contribution is 2.31. The average molecular weight is 469 g/mol. The van der Waals surface area contributed by atoms with Gasteiger partial charge in [0.15, 0.2) is 5.65 Å². The van der Waals surface area contributed by atoms with Gasteiger partial charge in [0.05, 0.1) is 13.2 Å². The molecule has 0 radical (unpaired) electrons. The number of ether oxygens (including phenoxy) is 1. The zero-order valence-corrected chi connectivity index (χ0v) is 19.8. The largest absolute Gasteiger partial charge is 0.465 e. The number of esters is 1. The van der Waals surface area contributed by atoms with Gasteiger partial charge in [0.1, 0.15) is 17.2 Å². The Morgan fingerprint density at radius 1 is 1.00 bits per heavy atom. The van der Waals surface area contributed by atoms with Crippen molar-refractivity contribution in [3.05, 3.63) is 77.6 Å². The number of carbonyl (C=O) groups excluding carboxylic acids is 1. The third-order valence-corrected chi connectivity index (χ3v) is 5.88. The molecule has 0 amide bonds. The molecule has 2 aromatic carbocycles. The van der Waals surface area contributed by atoms with Crippen LogP contribution in [0.2, 0.25) is 0 Å². The standard InChI is InChI=1S/C27H28N6O2/c1-3-35-25(34)16-33(14-18-7-5-4-6-8-18)15-19-9-10-22-20(11-19)12-23(31-22)21-13-24(28)32-27-26(21)29-17(2)30-27/h4-13,31H,3,14-16H2,1-2H3,(H3,28,29,30,32). The number of pyridine rings is 1. The number of benzene rings is 2. The quantitative estimate of drug-likeness (QED) is 0.288. The number of nitrogens with zero attached hydrogens (tertiary/aromatic N) is 3. The van der Waals surface area contributed by atoms with E-state index in [4.69, 9.17) is 10.5 Å². The normalized spacial score (nSPS) is 11.5. The summed E-state index contributed by atoms with van der Waals surface area (Å²) in [5, 5.41) is 1.07. The molecule has 0 bridgehead atoms. The Kier molecular flexibility index (Phi) is 6.20. The first-order valence-electron chi connectivity index (χ1n) is 11.6. The number of anilines is 1. The zero-order valence-electron chi connectivity index (χ0n) is 19.8. The summed E-state index contributed by atoms with van der Waals surface area (Å²) in [5.74, 6) is 1.01. The van der Waals surface area contributed by atoms with Crippen LogP contribution in [0.15, 0.2) is 60.7 Å². The maximum Gasteiger partial charge on any atom is 0.320 e. The molecule has 0 aliphatic heterocycles. The number of hydrogen-bond acceptors (Lipinski definition) is 6. The van der Waals surface area contributed by atoms with E-state index < -0.39 is 0 Å². The monoisotopic (exact) mass is 468 g/mol. The molecular weight excluding hydrogens is 440 g/mol. The number of fused-ring (bicyclic) bond motifs is 2. The number of H-pyrrole nitrogens is 2. The van der Waals surface area contributed by atoms with Gasteiger partial charge in [0.2, 0.25) is 0 Å². The van der Waals surface area contributed by atoms with Crippen molar-refractivity contribution >= 4 is 33.9 Å². The summed E-state index contributed by atoms with van der Waals surface area (Å²) < 4.78 is 5.21. The number of aromatic amines is 2. The second kappa shape index (κ2) is 9.60. The lowest BCUT2D eigenvalue weighted by molar-refractivity contribution is -0.144. The van der Waals surface area contributed by atoms with Crippen molar-refractivity contribution in [1.82, 2.24) is 24.8 Å². The molecule has 0 atom stereocenters. The lowest BCUT2D eigenvalue weighted by Crippen LogP contribution is -2.30. The Morgan fingerprint density at radius 3 is 2.60 bits per heavy atom. The number of aryl methyl sites for hydroxylation is 1. The average Bonchev–Trinajstić information content (AvgIpc) is 3.41. The third-order valence-electron chi connectivity index (χ3n) is 5.88. The first-order chi connectivity index (χ1) is 17.0. The van der Waals surface area contributed by atoms with E-state index in [0.717, 1.165) is 44.6 Å². The van der Waals surface area contributed by atoms with Gasteiger partial charge in [-0.15, -0.1) is 0 Å². The van der Waals surface area contributed by atoms with E-state index in [2.05, 4.69) is 61.2 Å². The minimum Gasteiger partial charge on any atom is -0.465 e. The van der Waals surface area contributed by atoms with Crippen molar-refractivity contribution in [1.29, 1.82) is 0 Å². The fraction of sp³-hybridized carbons (Fsp3) is 0.222. The maximum absolute atomic E-state index is 12.3. The Bertz CT molecular complexity index is 1490. The summed E-state index contributed by atoms with van der Waals surface area (Å²) in [5.41, 5.74) is 12.6. The van der Waals surface area contributed by atoms with Crippen LogP contribution in [0.4, 0.5) is 5.82 Å². The topological polar surface area (TPSA) is 113 Å². The first-order valence-corrected chi connectivity index (χ1v) is 11.6. The molecule has 35 heavy (non-hydrogen) atoms. The van der Waals surface area contributed by atoms with Crippen LogP contribution in [0.25, 0.3) is 33.3 Å². The van der Waals surface area contributed by atoms with Crippen molar-refractivity contribution in [2.24, 2.45) is 0 Å². The van der Waals surface area contributed by atoms with Gasteiger partial charge in [-0.05, 0) is 49.2 Å². The first kappa shape index (κ1) is 22.6. The van der Waals surface area contributed by atoms with Crippen LogP contribution in [0.3, 0.4) is 0 Å². The van der Waals surface area contributed by atoms with E-state index in [1.807, 2.05) is 38.1 Å². The van der Waals surface area contributed by atoms with E-state index in [9.17, 15) is 4.79 Å². The molecule has 5 aromatic rings. The summed E-state index contributed by atoms with van der Waals surface area (Å²) in [6.07, 6.45) is 0. The second-order valence-electron chi connectivity index (χ2n) is 8.65. The predicted octanol–water partition coefficient (Wildman–Crippen LogP) is 4.56. The Labute approximate surface area is 203 Å². The number of carbonyl (C=O) groups is 1. The minimum atomic E-state index is -0.220. The Morgan fingerprint density at radius 2 is 1.80 bits per heavy atom. The minimum absolute atomic E-state index is 0.220. The lowest BCUT2D eigenvalue weighted by Gasteiger charge is -2.21. The van der Waals surface area contributed by atoms with Crippen molar-refractivity contribution in [2.45, 2.75) is 26.9 Å². The van der Waals surface area contributed by atoms with Crippen LogP contribution in [-0.4, -0.2) is 44.0 Å². The fourth-order valence-corrected chi connectivity index (χ4v) is 4.41. The molecule has 0 aliphatic carbocycles. The predicted molar refractivity (Wildman–Crippen MR) is 138 cm³/mol. The second-order valence-corrected chi connectivity index (χ2v) is 8.65. The van der Waals surface area contributed by atoms with E-state index in [1.165, 1.54) is 0 Å². The summed E-state index contributed by atoms with van der Waals surface area (Å²) in [6.45, 7) is 5.60. The third kappa shape index (κ3) is 5.02. The van der Waals surface area contributed by atoms with E-state index in [1.54, 1.807) is 0 Å². The van der Waals surface area contributed by atoms with Crippen LogP contribution < -0.4 is 5.73 Å². The lowest BCUT2D eigenvalue weighted by atomic mass is 10.1. The number of hydrogen-bond donors (Lipinski definition) is 3. The van der Waals surface area contributed by atoms with Gasteiger partial charge in [0, 0.05) is 35.2 Å². The molecule has 0 aliphatic rings. The fourth-order valence-electron chi connectivity index (χ4n) is 4.41. The van der Waals surface area contributed by atoms with Crippen LogP contribution in [-0.2, 0) is 22.6 Å². The highest BCUT2D eigenvalue weighted by Gasteiger charge is 2.16. The van der Waals surface area contributed by atoms with Gasteiger partial charge in [-0.1, -0.05) is 36.4 Å². The molecule has 0 saturated carbocycles. The highest BCUT2D eigenvalue weighted by molar-refractivity contribution is 5.95. The van der Waals surface area contributed by atoms with Crippen LogP contribution in [0, 0.1) is 6.92 Å². The zero-order chi connectivity index (χ0) is 24.4. The van der Waals surface area contributed by atoms with Gasteiger partial charge >= 0.3 is 5.97 Å². The number of nitrogens with two attached hydrogens (primary N) is 1. The Hall–Kier alpha value is -4.17. The number of imidazole rings is 1. The molecule has 8 nitrogen and oxygen atoms in total. The summed E-state index contributed by atoms with van der Waals surface area (Å²) in [4.78, 5) is 29.9. The van der Waals surface area contributed by atoms with Crippen molar-refractivity contribution in [2.75, 3.05) is 18.9 Å². The van der Waals surface area contributed by atoms with Crippen molar-refractivity contribution in [3.8, 4) is 11.3 Å². The molecule has 5 rings (SSSR count). The van der Waals surface area contributed by atoms with E-state index in [-0.39, 0.29) is 12.5 Å². The molecule has 178 valence electrons. The molecule has 0 saturated heterocycles. The van der Waals surface area contributed by atoms with Crippen LogP contribution >= 0.6 is 0 Å². The van der Waals surface area contributed by atoms with Crippen LogP contribution in [0.1, 0.15) is 23.9 Å². The molecule has 0 spiro atoms. The Balaban J connectivity index is 1.44. The van der Waals surface area contributed by atoms with Gasteiger partial charge in [-0.25, -0.2) is 9.97 Å². The van der Waals surface area contributed by atoms with E-state index >= 15 is 0 Å². The summed E-state index contributed by atoms with van der Waals surface area (Å²) in [7, 11) is 0. The molecule has 3 heterocycles. The maximum atomic E-state index is 12.3. The molecule has 0 unspecified atom stereocenters. The van der Waals surface area contributed by atoms with Gasteiger partial charge < -0.3 is 20.4 Å². The van der Waals surface area contributed by atoms with Crippen molar-refractivity contribution in [3.63, 3.8) is 0 Å². The molecular formula is C27H28N6O2. The number of rotatable bonds is 8. The smallest absolute Gasteiger partial charge is 0.320 e. The SMILES string of the molecule is CCOC(=O)CN(Cc1ccccc1)Cc1ccc2[nH]c(-c3cc(N)nc4[nH]c(C)nc34)cc2c1. The number of nitrogens with one attached hydrogen (secondary N) is 2. The van der Waals surface area contributed by atoms with Gasteiger partial charge in [0.25, 0.3) is 0 Å². The highest BCUT2D eigenvalue weighted by atomic mass is 16.5. The summed E-state index contributed by atoms with van der Waals surface area (Å²) >= 11 is 0. The van der Waals surface area contributed by atoms with E-state index in [0.29, 0.717) is 31.2 Å². The number of nitrogen functional groups attached to an aromatic ring is 1. The van der Waals surface area contributed by atoms with Gasteiger partial charge in [-0.2, -0.15) is 0 Å². The molecule has 4 N–H and O–H groups in total. The molecule has 8 heteroatoms. The number of aromatic nitrogens is 4. The van der Waals surface area contributed by atoms with Crippen LogP contribution in [0.5, 0.6) is 0 Å². The van der Waals surface area contributed by atoms with Gasteiger partial charge in [-0.3, -0.25) is 9.69 Å².